The van der Waals surface area contributed by atoms with Gasteiger partial charge in [-0.15, -0.1) is 5.10 Å². The highest BCUT2D eigenvalue weighted by Gasteiger charge is 2.27. The van der Waals surface area contributed by atoms with E-state index < -0.39 is 0 Å². The quantitative estimate of drug-likeness (QED) is 0.836. The third-order valence-corrected chi connectivity index (χ3v) is 4.23. The van der Waals surface area contributed by atoms with E-state index in [0.717, 1.165) is 29.8 Å². The molecule has 24 heavy (non-hydrogen) atoms. The Morgan fingerprint density at radius 2 is 2.21 bits per heavy atom. The summed E-state index contributed by atoms with van der Waals surface area (Å²) in [6, 6.07) is 0. The Morgan fingerprint density at radius 3 is 3.00 bits per heavy atom. The summed E-state index contributed by atoms with van der Waals surface area (Å²) in [6.45, 7) is 2.02. The van der Waals surface area contributed by atoms with Crippen LogP contribution in [-0.2, 0) is 27.4 Å². The standard InChI is InChI=1S/C15H18N6O3/c22-15(13-2-1-3-23-13)18-6-11-7-21-12(8-24-11)14(19-20-21)10-4-16-9-17-5-10/h4-5,9,11,13H,1-3,6-8H2,(H,18,22)/t11-,13-/m1/s1. The zero-order valence-electron chi connectivity index (χ0n) is 13.1. The second-order valence-electron chi connectivity index (χ2n) is 5.87. The molecule has 9 nitrogen and oxygen atoms in total. The van der Waals surface area contributed by atoms with Gasteiger partial charge in [-0.1, -0.05) is 5.21 Å². The lowest BCUT2D eigenvalue weighted by Crippen LogP contribution is -2.42. The Hall–Kier alpha value is -2.39. The average Bonchev–Trinajstić information content (AvgIpc) is 3.30. The summed E-state index contributed by atoms with van der Waals surface area (Å²) in [5, 5.41) is 11.3. The van der Waals surface area contributed by atoms with Gasteiger partial charge in [0, 0.05) is 31.1 Å². The highest BCUT2D eigenvalue weighted by Crippen LogP contribution is 2.23. The summed E-state index contributed by atoms with van der Waals surface area (Å²) in [5.41, 5.74) is 2.44. The summed E-state index contributed by atoms with van der Waals surface area (Å²) in [7, 11) is 0. The highest BCUT2D eigenvalue weighted by molar-refractivity contribution is 5.80. The van der Waals surface area contributed by atoms with Crippen molar-refractivity contribution in [3.8, 4) is 11.3 Å². The zero-order valence-corrected chi connectivity index (χ0v) is 13.1. The van der Waals surface area contributed by atoms with E-state index in [1.165, 1.54) is 6.33 Å². The molecule has 2 aromatic heterocycles. The van der Waals surface area contributed by atoms with Gasteiger partial charge in [0.1, 0.15) is 18.1 Å². The SMILES string of the molecule is O=C(NC[C@@H]1Cn2nnc(-c3cncnc3)c2CO1)[C@H]1CCCO1. The number of ether oxygens (including phenoxy) is 2. The molecule has 1 fully saturated rings. The zero-order chi connectivity index (χ0) is 16.4. The van der Waals surface area contributed by atoms with Crippen LogP contribution in [0.4, 0.5) is 0 Å². The summed E-state index contributed by atoms with van der Waals surface area (Å²) in [4.78, 5) is 20.0. The maximum atomic E-state index is 12.0. The molecular weight excluding hydrogens is 312 g/mol. The van der Waals surface area contributed by atoms with Crippen molar-refractivity contribution in [3.05, 3.63) is 24.4 Å². The van der Waals surface area contributed by atoms with E-state index in [1.54, 1.807) is 12.4 Å². The second kappa shape index (κ2) is 6.62. The lowest BCUT2D eigenvalue weighted by atomic mass is 10.2. The molecule has 0 bridgehead atoms. The topological polar surface area (TPSA) is 104 Å². The van der Waals surface area contributed by atoms with Crippen LogP contribution in [0.3, 0.4) is 0 Å². The molecule has 2 aromatic rings. The molecule has 126 valence electrons. The highest BCUT2D eigenvalue weighted by atomic mass is 16.5. The second-order valence-corrected chi connectivity index (χ2v) is 5.87. The monoisotopic (exact) mass is 330 g/mol. The molecule has 2 aliphatic heterocycles. The smallest absolute Gasteiger partial charge is 0.249 e. The number of nitrogens with one attached hydrogen (secondary N) is 1. The van der Waals surface area contributed by atoms with Crippen LogP contribution in [0.5, 0.6) is 0 Å². The van der Waals surface area contributed by atoms with Crippen LogP contribution in [0.15, 0.2) is 18.7 Å². The van der Waals surface area contributed by atoms with Gasteiger partial charge < -0.3 is 14.8 Å². The number of rotatable bonds is 4. The van der Waals surface area contributed by atoms with E-state index in [4.69, 9.17) is 9.47 Å². The van der Waals surface area contributed by atoms with Crippen molar-refractivity contribution in [2.75, 3.05) is 13.2 Å². The molecule has 0 spiro atoms. The van der Waals surface area contributed by atoms with Crippen LogP contribution >= 0.6 is 0 Å². The van der Waals surface area contributed by atoms with Crippen LogP contribution < -0.4 is 5.32 Å². The first kappa shape index (κ1) is 15.2. The van der Waals surface area contributed by atoms with Crippen molar-refractivity contribution in [1.82, 2.24) is 30.3 Å². The van der Waals surface area contributed by atoms with Crippen molar-refractivity contribution in [2.24, 2.45) is 0 Å². The lowest BCUT2D eigenvalue weighted by Gasteiger charge is -2.24. The van der Waals surface area contributed by atoms with Crippen LogP contribution in [-0.4, -0.2) is 56.2 Å². The van der Waals surface area contributed by atoms with E-state index in [2.05, 4.69) is 25.6 Å². The average molecular weight is 330 g/mol. The Labute approximate surface area is 138 Å². The summed E-state index contributed by atoms with van der Waals surface area (Å²) < 4.78 is 13.0. The van der Waals surface area contributed by atoms with Crippen molar-refractivity contribution in [2.45, 2.75) is 38.2 Å². The molecule has 9 heteroatoms. The number of carbonyl (C=O) groups excluding carboxylic acids is 1. The van der Waals surface area contributed by atoms with E-state index in [0.29, 0.717) is 26.3 Å². The van der Waals surface area contributed by atoms with E-state index in [9.17, 15) is 4.79 Å². The molecule has 2 atom stereocenters. The summed E-state index contributed by atoms with van der Waals surface area (Å²) >= 11 is 0. The molecule has 1 saturated heterocycles. The molecule has 4 rings (SSSR count). The van der Waals surface area contributed by atoms with Crippen molar-refractivity contribution < 1.29 is 14.3 Å². The Kier molecular flexibility index (Phi) is 4.18. The molecule has 0 aliphatic carbocycles. The molecular formula is C15H18N6O3. The molecule has 2 aliphatic rings. The van der Waals surface area contributed by atoms with Crippen LogP contribution in [0.2, 0.25) is 0 Å². The van der Waals surface area contributed by atoms with Gasteiger partial charge in [0.15, 0.2) is 0 Å². The Bertz CT molecular complexity index is 713. The number of aromatic nitrogens is 5. The molecule has 4 heterocycles. The predicted octanol–water partition coefficient (Wildman–Crippen LogP) is -0.0709. The van der Waals surface area contributed by atoms with Crippen molar-refractivity contribution >= 4 is 5.91 Å². The van der Waals surface area contributed by atoms with Crippen molar-refractivity contribution in [3.63, 3.8) is 0 Å². The first-order chi connectivity index (χ1) is 11.8. The largest absolute Gasteiger partial charge is 0.368 e. The number of hydrogen-bond donors (Lipinski definition) is 1. The fourth-order valence-electron chi connectivity index (χ4n) is 2.95. The molecule has 0 aromatic carbocycles. The molecule has 1 amide bonds. The molecule has 0 radical (unpaired) electrons. The number of fused-ring (bicyclic) bond motifs is 1. The van der Waals surface area contributed by atoms with E-state index in [-0.39, 0.29) is 18.1 Å². The fourth-order valence-corrected chi connectivity index (χ4v) is 2.95. The van der Waals surface area contributed by atoms with Crippen LogP contribution in [0.1, 0.15) is 18.5 Å². The Morgan fingerprint density at radius 1 is 1.33 bits per heavy atom. The van der Waals surface area contributed by atoms with Gasteiger partial charge in [-0.3, -0.25) is 4.79 Å². The van der Waals surface area contributed by atoms with E-state index in [1.807, 2.05) is 4.68 Å². The summed E-state index contributed by atoms with van der Waals surface area (Å²) in [6.07, 6.45) is 6.14. The minimum atomic E-state index is -0.319. The third kappa shape index (κ3) is 3.00. The normalized spacial score (nSPS) is 23.0. The van der Waals surface area contributed by atoms with Gasteiger partial charge in [-0.05, 0) is 12.8 Å². The number of amides is 1. The maximum absolute atomic E-state index is 12.0. The molecule has 0 saturated carbocycles. The number of nitrogens with zero attached hydrogens (tertiary/aromatic N) is 5. The van der Waals surface area contributed by atoms with Gasteiger partial charge in [-0.2, -0.15) is 0 Å². The number of carbonyl (C=O) groups is 1. The lowest BCUT2D eigenvalue weighted by molar-refractivity contribution is -0.131. The van der Waals surface area contributed by atoms with Gasteiger partial charge in [0.05, 0.1) is 24.9 Å². The van der Waals surface area contributed by atoms with Crippen LogP contribution in [0.25, 0.3) is 11.3 Å². The maximum Gasteiger partial charge on any atom is 0.249 e. The predicted molar refractivity (Wildman–Crippen MR) is 81.6 cm³/mol. The summed E-state index contributed by atoms with van der Waals surface area (Å²) in [5.74, 6) is -0.0670. The Balaban J connectivity index is 1.38. The van der Waals surface area contributed by atoms with Crippen LogP contribution in [0, 0.1) is 0 Å². The minimum Gasteiger partial charge on any atom is -0.368 e. The van der Waals surface area contributed by atoms with Gasteiger partial charge in [0.2, 0.25) is 5.91 Å². The van der Waals surface area contributed by atoms with Gasteiger partial charge in [0.25, 0.3) is 0 Å². The molecule has 1 N–H and O–H groups in total. The number of hydrogen-bond acceptors (Lipinski definition) is 7. The first-order valence-electron chi connectivity index (χ1n) is 8.00. The van der Waals surface area contributed by atoms with Gasteiger partial charge in [-0.25, -0.2) is 14.6 Å². The molecule has 0 unspecified atom stereocenters. The van der Waals surface area contributed by atoms with E-state index >= 15 is 0 Å². The van der Waals surface area contributed by atoms with Gasteiger partial charge >= 0.3 is 0 Å². The minimum absolute atomic E-state index is 0.0670. The third-order valence-electron chi connectivity index (χ3n) is 4.23. The first-order valence-corrected chi connectivity index (χ1v) is 8.00. The van der Waals surface area contributed by atoms with Crippen molar-refractivity contribution in [1.29, 1.82) is 0 Å². The fraction of sp³-hybridized carbons (Fsp3) is 0.533.